The largest absolute Gasteiger partial charge is 0.480 e. The van der Waals surface area contributed by atoms with Gasteiger partial charge in [-0.3, -0.25) is 4.79 Å². The molecule has 15 heavy (non-hydrogen) atoms. The van der Waals surface area contributed by atoms with Crippen LogP contribution in [0.4, 0.5) is 5.82 Å². The molecule has 0 saturated heterocycles. The minimum atomic E-state index is -0.193. The lowest BCUT2D eigenvalue weighted by atomic mass is 10.3. The predicted molar refractivity (Wildman–Crippen MR) is 59.5 cm³/mol. The first-order chi connectivity index (χ1) is 7.16. The van der Waals surface area contributed by atoms with E-state index in [-0.39, 0.29) is 12.5 Å². The van der Waals surface area contributed by atoms with Gasteiger partial charge in [0.05, 0.1) is 10.7 Å². The highest BCUT2D eigenvalue weighted by Crippen LogP contribution is 2.29. The molecule has 2 heterocycles. The molecule has 0 aromatic carbocycles. The lowest BCUT2D eigenvalue weighted by Crippen LogP contribution is -2.26. The van der Waals surface area contributed by atoms with Gasteiger partial charge in [0.15, 0.2) is 18.2 Å². The molecule has 0 atom stereocenters. The molecule has 5 heteroatoms. The number of pyridine rings is 1. The van der Waals surface area contributed by atoms with Gasteiger partial charge in [-0.15, -0.1) is 0 Å². The Labute approximate surface area is 93.6 Å². The highest BCUT2D eigenvalue weighted by molar-refractivity contribution is 6.31. The number of aryl methyl sites for hydroxylation is 1. The molecule has 1 aliphatic rings. The number of rotatable bonds is 0. The first-order valence-electron chi connectivity index (χ1n) is 4.76. The fourth-order valence-electron chi connectivity index (χ4n) is 1.08. The standard InChI is InChI=1S/C8H7ClN2O2.C2H6/c1-4-5(9)2-6-8(10-4)11-7(12)3-13-6;1-2/h2H,3H2,1H3,(H,10,11,12);1-2H3. The van der Waals surface area contributed by atoms with Crippen LogP contribution in [0.15, 0.2) is 6.07 Å². The smallest absolute Gasteiger partial charge is 0.263 e. The van der Waals surface area contributed by atoms with Gasteiger partial charge < -0.3 is 10.1 Å². The zero-order valence-electron chi connectivity index (χ0n) is 8.93. The Hall–Kier alpha value is -1.29. The summed E-state index contributed by atoms with van der Waals surface area (Å²) in [4.78, 5) is 15.0. The first-order valence-corrected chi connectivity index (χ1v) is 5.14. The van der Waals surface area contributed by atoms with Crippen molar-refractivity contribution in [2.75, 3.05) is 11.9 Å². The van der Waals surface area contributed by atoms with Crippen molar-refractivity contribution in [2.45, 2.75) is 20.8 Å². The summed E-state index contributed by atoms with van der Waals surface area (Å²) in [6.45, 7) is 5.79. The summed E-state index contributed by atoms with van der Waals surface area (Å²) in [7, 11) is 0. The van der Waals surface area contributed by atoms with Crippen LogP contribution in [0, 0.1) is 6.92 Å². The number of anilines is 1. The molecule has 0 spiro atoms. The number of carbonyl (C=O) groups is 1. The number of halogens is 1. The van der Waals surface area contributed by atoms with Crippen molar-refractivity contribution in [1.82, 2.24) is 4.98 Å². The number of nitrogens with zero attached hydrogens (tertiary/aromatic N) is 1. The Bertz CT molecular complexity index is 380. The number of aromatic nitrogens is 1. The van der Waals surface area contributed by atoms with Gasteiger partial charge in [0, 0.05) is 6.07 Å². The lowest BCUT2D eigenvalue weighted by molar-refractivity contribution is -0.118. The van der Waals surface area contributed by atoms with Gasteiger partial charge in [0.1, 0.15) is 0 Å². The van der Waals surface area contributed by atoms with E-state index in [1.165, 1.54) is 0 Å². The molecule has 0 unspecified atom stereocenters. The highest BCUT2D eigenvalue weighted by Gasteiger charge is 2.18. The number of fused-ring (bicyclic) bond motifs is 1. The molecule has 1 aromatic rings. The molecule has 0 fully saturated rings. The zero-order chi connectivity index (χ0) is 11.4. The van der Waals surface area contributed by atoms with E-state index in [4.69, 9.17) is 16.3 Å². The summed E-state index contributed by atoms with van der Waals surface area (Å²) in [5.41, 5.74) is 0.672. The van der Waals surface area contributed by atoms with Crippen molar-refractivity contribution in [1.29, 1.82) is 0 Å². The van der Waals surface area contributed by atoms with Crippen molar-refractivity contribution in [3.05, 3.63) is 16.8 Å². The molecule has 1 aliphatic heterocycles. The van der Waals surface area contributed by atoms with Crippen LogP contribution in [0.5, 0.6) is 5.75 Å². The summed E-state index contributed by atoms with van der Waals surface area (Å²) in [5, 5.41) is 3.13. The SMILES string of the molecule is CC.Cc1nc2c(cc1Cl)OCC(=O)N2. The summed E-state index contributed by atoms with van der Waals surface area (Å²) < 4.78 is 5.11. The van der Waals surface area contributed by atoms with Gasteiger partial charge in [-0.1, -0.05) is 25.4 Å². The monoisotopic (exact) mass is 228 g/mol. The molecule has 1 amide bonds. The maximum absolute atomic E-state index is 10.9. The van der Waals surface area contributed by atoms with Crippen LogP contribution >= 0.6 is 11.6 Å². The Morgan fingerprint density at radius 2 is 2.20 bits per heavy atom. The third-order valence-electron chi connectivity index (χ3n) is 1.73. The van der Waals surface area contributed by atoms with Crippen molar-refractivity contribution < 1.29 is 9.53 Å². The number of hydrogen-bond acceptors (Lipinski definition) is 3. The van der Waals surface area contributed by atoms with Crippen LogP contribution in [-0.2, 0) is 4.79 Å². The fraction of sp³-hybridized carbons (Fsp3) is 0.400. The first kappa shape index (κ1) is 11.8. The van der Waals surface area contributed by atoms with E-state index < -0.39 is 0 Å². The molecule has 4 nitrogen and oxygen atoms in total. The Balaban J connectivity index is 0.000000531. The van der Waals surface area contributed by atoms with Crippen molar-refractivity contribution in [3.8, 4) is 5.75 Å². The third kappa shape index (κ3) is 2.59. The quantitative estimate of drug-likeness (QED) is 0.742. The number of carbonyl (C=O) groups excluding carboxylic acids is 1. The number of hydrogen-bond donors (Lipinski definition) is 1. The summed E-state index contributed by atoms with van der Waals surface area (Å²) in [6.07, 6.45) is 0. The summed E-state index contributed by atoms with van der Waals surface area (Å²) >= 11 is 5.83. The van der Waals surface area contributed by atoms with E-state index in [9.17, 15) is 4.79 Å². The van der Waals surface area contributed by atoms with Gasteiger partial charge in [0.25, 0.3) is 5.91 Å². The molecule has 0 radical (unpaired) electrons. The molecule has 0 aliphatic carbocycles. The zero-order valence-corrected chi connectivity index (χ0v) is 9.68. The number of nitrogens with one attached hydrogen (secondary N) is 1. The van der Waals surface area contributed by atoms with Crippen LogP contribution in [0.2, 0.25) is 5.02 Å². The van der Waals surface area contributed by atoms with Crippen molar-refractivity contribution >= 4 is 23.3 Å². The van der Waals surface area contributed by atoms with E-state index in [1.807, 2.05) is 13.8 Å². The van der Waals surface area contributed by atoms with Crippen LogP contribution in [-0.4, -0.2) is 17.5 Å². The van der Waals surface area contributed by atoms with Gasteiger partial charge in [0.2, 0.25) is 0 Å². The van der Waals surface area contributed by atoms with Crippen molar-refractivity contribution in [2.24, 2.45) is 0 Å². The third-order valence-corrected chi connectivity index (χ3v) is 2.12. The average Bonchev–Trinajstić information content (AvgIpc) is 2.23. The predicted octanol–water partition coefficient (Wildman–Crippen LogP) is 2.40. The second-order valence-corrected chi connectivity index (χ2v) is 3.15. The summed E-state index contributed by atoms with van der Waals surface area (Å²) in [5.74, 6) is 0.773. The maximum Gasteiger partial charge on any atom is 0.263 e. The molecule has 82 valence electrons. The minimum absolute atomic E-state index is 0.0219. The molecular formula is C10H13ClN2O2. The molecule has 0 bridgehead atoms. The van der Waals surface area contributed by atoms with Gasteiger partial charge in [-0.2, -0.15) is 0 Å². The molecule has 0 saturated carbocycles. The molecule has 1 aromatic heterocycles. The number of ether oxygens (including phenoxy) is 1. The maximum atomic E-state index is 10.9. The number of amides is 1. The second kappa shape index (κ2) is 4.98. The van der Waals surface area contributed by atoms with E-state index in [0.717, 1.165) is 0 Å². The average molecular weight is 229 g/mol. The van der Waals surface area contributed by atoms with Crippen molar-refractivity contribution in [3.63, 3.8) is 0 Å². The molecular weight excluding hydrogens is 216 g/mol. The topological polar surface area (TPSA) is 51.2 Å². The van der Waals surface area contributed by atoms with E-state index in [2.05, 4.69) is 10.3 Å². The Morgan fingerprint density at radius 3 is 2.87 bits per heavy atom. The van der Waals surface area contributed by atoms with E-state index in [1.54, 1.807) is 13.0 Å². The lowest BCUT2D eigenvalue weighted by Gasteiger charge is -2.17. The van der Waals surface area contributed by atoms with E-state index in [0.29, 0.717) is 22.3 Å². The van der Waals surface area contributed by atoms with Gasteiger partial charge in [-0.25, -0.2) is 4.98 Å². The molecule has 2 rings (SSSR count). The van der Waals surface area contributed by atoms with Crippen LogP contribution < -0.4 is 10.1 Å². The Kier molecular flexibility index (Phi) is 3.91. The minimum Gasteiger partial charge on any atom is -0.480 e. The van der Waals surface area contributed by atoms with Gasteiger partial charge >= 0.3 is 0 Å². The van der Waals surface area contributed by atoms with Gasteiger partial charge in [-0.05, 0) is 6.92 Å². The van der Waals surface area contributed by atoms with E-state index >= 15 is 0 Å². The van der Waals surface area contributed by atoms with Crippen LogP contribution in [0.25, 0.3) is 0 Å². The van der Waals surface area contributed by atoms with Crippen LogP contribution in [0.1, 0.15) is 19.5 Å². The highest BCUT2D eigenvalue weighted by atomic mass is 35.5. The fourth-order valence-corrected chi connectivity index (χ4v) is 1.22. The second-order valence-electron chi connectivity index (χ2n) is 2.74. The molecule has 1 N–H and O–H groups in total. The van der Waals surface area contributed by atoms with Crippen LogP contribution in [0.3, 0.4) is 0 Å². The Morgan fingerprint density at radius 1 is 1.53 bits per heavy atom. The summed E-state index contributed by atoms with van der Waals surface area (Å²) in [6, 6.07) is 1.65. The normalized spacial score (nSPS) is 12.9.